The minimum absolute atomic E-state index is 0.136. The molecule has 3 rings (SSSR count). The second kappa shape index (κ2) is 8.84. The molecule has 0 saturated heterocycles. The fraction of sp³-hybridized carbons (Fsp3) is 0.174. The standard InChI is InChI=1S/C23H21NO4S/c1-14-10-11-19(15(2)13-14)24-22(26)16(3)28-23(27)18-8-5-4-7-17(18)21(25)20-9-6-12-29-20/h4-13,16H,1-3H3,(H,24,26)/t16-/m0/s1. The molecule has 1 aromatic heterocycles. The number of amides is 1. The minimum Gasteiger partial charge on any atom is -0.449 e. The zero-order chi connectivity index (χ0) is 21.0. The van der Waals surface area contributed by atoms with Gasteiger partial charge in [0.15, 0.2) is 6.10 Å². The third kappa shape index (κ3) is 4.78. The smallest absolute Gasteiger partial charge is 0.339 e. The Morgan fingerprint density at radius 3 is 2.34 bits per heavy atom. The molecule has 3 aromatic rings. The van der Waals surface area contributed by atoms with Crippen molar-refractivity contribution in [3.8, 4) is 0 Å². The van der Waals surface area contributed by atoms with Gasteiger partial charge in [0.2, 0.25) is 5.78 Å². The highest BCUT2D eigenvalue weighted by Gasteiger charge is 2.24. The van der Waals surface area contributed by atoms with Crippen LogP contribution in [0.2, 0.25) is 0 Å². The van der Waals surface area contributed by atoms with Crippen LogP contribution in [0.4, 0.5) is 5.69 Å². The summed E-state index contributed by atoms with van der Waals surface area (Å²) < 4.78 is 5.34. The number of anilines is 1. The van der Waals surface area contributed by atoms with Gasteiger partial charge in [0.05, 0.1) is 10.4 Å². The molecule has 0 unspecified atom stereocenters. The van der Waals surface area contributed by atoms with Gasteiger partial charge in [-0.25, -0.2) is 4.79 Å². The molecule has 148 valence electrons. The molecule has 0 spiro atoms. The number of ketones is 1. The van der Waals surface area contributed by atoms with Gasteiger partial charge in [-0.3, -0.25) is 9.59 Å². The van der Waals surface area contributed by atoms with Gasteiger partial charge in [-0.05, 0) is 49.9 Å². The highest BCUT2D eigenvalue weighted by atomic mass is 32.1. The van der Waals surface area contributed by atoms with Crippen LogP contribution < -0.4 is 5.32 Å². The van der Waals surface area contributed by atoms with E-state index in [2.05, 4.69) is 5.32 Å². The number of carbonyl (C=O) groups is 3. The molecule has 29 heavy (non-hydrogen) atoms. The van der Waals surface area contributed by atoms with Crippen molar-refractivity contribution >= 4 is 34.7 Å². The Labute approximate surface area is 173 Å². The summed E-state index contributed by atoms with van der Waals surface area (Å²) in [5.41, 5.74) is 3.06. The molecular formula is C23H21NO4S. The van der Waals surface area contributed by atoms with Crippen molar-refractivity contribution in [3.63, 3.8) is 0 Å². The Morgan fingerprint density at radius 1 is 0.966 bits per heavy atom. The molecule has 1 atom stereocenters. The van der Waals surface area contributed by atoms with Crippen molar-refractivity contribution in [1.82, 2.24) is 0 Å². The number of hydrogen-bond donors (Lipinski definition) is 1. The van der Waals surface area contributed by atoms with Gasteiger partial charge < -0.3 is 10.1 Å². The molecule has 0 radical (unpaired) electrons. The van der Waals surface area contributed by atoms with Crippen molar-refractivity contribution in [2.75, 3.05) is 5.32 Å². The van der Waals surface area contributed by atoms with E-state index in [9.17, 15) is 14.4 Å². The predicted molar refractivity (Wildman–Crippen MR) is 114 cm³/mol. The lowest BCUT2D eigenvalue weighted by Crippen LogP contribution is -2.30. The maximum atomic E-state index is 12.7. The van der Waals surface area contributed by atoms with Crippen LogP contribution in [-0.4, -0.2) is 23.8 Å². The lowest BCUT2D eigenvalue weighted by atomic mass is 10.0. The van der Waals surface area contributed by atoms with E-state index in [1.54, 1.807) is 35.7 Å². The van der Waals surface area contributed by atoms with E-state index in [1.807, 2.05) is 32.0 Å². The van der Waals surface area contributed by atoms with Crippen molar-refractivity contribution in [2.45, 2.75) is 26.9 Å². The van der Waals surface area contributed by atoms with E-state index in [4.69, 9.17) is 4.74 Å². The van der Waals surface area contributed by atoms with Crippen LogP contribution in [0.25, 0.3) is 0 Å². The maximum absolute atomic E-state index is 12.7. The largest absolute Gasteiger partial charge is 0.449 e. The first-order valence-corrected chi connectivity index (χ1v) is 10.0. The van der Waals surface area contributed by atoms with E-state index in [0.29, 0.717) is 10.6 Å². The number of nitrogens with one attached hydrogen (secondary N) is 1. The molecule has 0 aliphatic heterocycles. The second-order valence-corrected chi connectivity index (χ2v) is 7.65. The number of rotatable bonds is 6. The summed E-state index contributed by atoms with van der Waals surface area (Å²) in [6.45, 7) is 5.37. The van der Waals surface area contributed by atoms with Gasteiger partial charge in [-0.1, -0.05) is 42.0 Å². The summed E-state index contributed by atoms with van der Waals surface area (Å²) in [4.78, 5) is 38.4. The zero-order valence-electron chi connectivity index (χ0n) is 16.4. The number of hydrogen-bond acceptors (Lipinski definition) is 5. The van der Waals surface area contributed by atoms with Gasteiger partial charge >= 0.3 is 5.97 Å². The van der Waals surface area contributed by atoms with Gasteiger partial charge in [0, 0.05) is 11.3 Å². The summed E-state index contributed by atoms with van der Waals surface area (Å²) in [7, 11) is 0. The zero-order valence-corrected chi connectivity index (χ0v) is 17.2. The van der Waals surface area contributed by atoms with Crippen LogP contribution in [0.15, 0.2) is 60.0 Å². The number of carbonyl (C=O) groups excluding carboxylic acids is 3. The Balaban J connectivity index is 1.73. The molecule has 6 heteroatoms. The monoisotopic (exact) mass is 407 g/mol. The molecular weight excluding hydrogens is 386 g/mol. The molecule has 1 heterocycles. The topological polar surface area (TPSA) is 72.5 Å². The van der Waals surface area contributed by atoms with Crippen molar-refractivity contribution < 1.29 is 19.1 Å². The maximum Gasteiger partial charge on any atom is 0.339 e. The fourth-order valence-corrected chi connectivity index (χ4v) is 3.54. The number of aryl methyl sites for hydroxylation is 2. The number of esters is 1. The number of ether oxygens (including phenoxy) is 1. The molecule has 0 aliphatic rings. The number of thiophene rings is 1. The first-order chi connectivity index (χ1) is 13.9. The average molecular weight is 407 g/mol. The highest BCUT2D eigenvalue weighted by Crippen LogP contribution is 2.20. The van der Waals surface area contributed by atoms with Crippen molar-refractivity contribution in [1.29, 1.82) is 0 Å². The van der Waals surface area contributed by atoms with Crippen LogP contribution in [0.1, 0.15) is 43.6 Å². The summed E-state index contributed by atoms with van der Waals surface area (Å²) in [6, 6.07) is 15.6. The Morgan fingerprint density at radius 2 is 1.69 bits per heavy atom. The lowest BCUT2D eigenvalue weighted by molar-refractivity contribution is -0.123. The molecule has 1 N–H and O–H groups in total. The third-order valence-electron chi connectivity index (χ3n) is 4.43. The molecule has 0 aliphatic carbocycles. The SMILES string of the molecule is Cc1ccc(NC(=O)[C@H](C)OC(=O)c2ccccc2C(=O)c2cccs2)c(C)c1. The molecule has 0 bridgehead atoms. The van der Waals surface area contributed by atoms with Gasteiger partial charge in [-0.15, -0.1) is 11.3 Å². The first-order valence-electron chi connectivity index (χ1n) is 9.13. The summed E-state index contributed by atoms with van der Waals surface area (Å²) in [5.74, 6) is -1.40. The van der Waals surface area contributed by atoms with E-state index >= 15 is 0 Å². The van der Waals surface area contributed by atoms with Crippen molar-refractivity contribution in [3.05, 3.63) is 87.1 Å². The van der Waals surface area contributed by atoms with E-state index in [1.165, 1.54) is 24.3 Å². The lowest BCUT2D eigenvalue weighted by Gasteiger charge is -2.16. The van der Waals surface area contributed by atoms with E-state index in [-0.39, 0.29) is 16.9 Å². The van der Waals surface area contributed by atoms with Crippen LogP contribution in [0.5, 0.6) is 0 Å². The molecule has 1 amide bonds. The van der Waals surface area contributed by atoms with Crippen LogP contribution in [0.3, 0.4) is 0 Å². The fourth-order valence-electron chi connectivity index (χ4n) is 2.87. The van der Waals surface area contributed by atoms with Gasteiger partial charge in [-0.2, -0.15) is 0 Å². The second-order valence-electron chi connectivity index (χ2n) is 6.71. The minimum atomic E-state index is -1.02. The first kappa shape index (κ1) is 20.5. The average Bonchev–Trinajstić information content (AvgIpc) is 3.24. The van der Waals surface area contributed by atoms with E-state index < -0.39 is 18.0 Å². The summed E-state index contributed by atoms with van der Waals surface area (Å²) in [5, 5.41) is 4.57. The van der Waals surface area contributed by atoms with Gasteiger partial charge in [0.1, 0.15) is 0 Å². The molecule has 0 saturated carbocycles. The third-order valence-corrected chi connectivity index (χ3v) is 5.30. The molecule has 5 nitrogen and oxygen atoms in total. The Hall–Kier alpha value is -3.25. The molecule has 2 aromatic carbocycles. The normalized spacial score (nSPS) is 11.6. The molecule has 0 fully saturated rings. The van der Waals surface area contributed by atoms with Crippen molar-refractivity contribution in [2.24, 2.45) is 0 Å². The van der Waals surface area contributed by atoms with Crippen LogP contribution in [0, 0.1) is 13.8 Å². The van der Waals surface area contributed by atoms with Crippen LogP contribution >= 0.6 is 11.3 Å². The Kier molecular flexibility index (Phi) is 6.24. The van der Waals surface area contributed by atoms with Gasteiger partial charge in [0.25, 0.3) is 5.91 Å². The van der Waals surface area contributed by atoms with Crippen LogP contribution in [-0.2, 0) is 9.53 Å². The quantitative estimate of drug-likeness (QED) is 0.471. The number of benzene rings is 2. The predicted octanol–water partition coefficient (Wildman–Crippen LogP) is 4.78. The van der Waals surface area contributed by atoms with E-state index in [0.717, 1.165) is 11.1 Å². The summed E-state index contributed by atoms with van der Waals surface area (Å²) >= 11 is 1.30. The highest BCUT2D eigenvalue weighted by molar-refractivity contribution is 7.12. The summed E-state index contributed by atoms with van der Waals surface area (Å²) in [6.07, 6.45) is -1.02. The Bertz CT molecular complexity index is 1060.